The van der Waals surface area contributed by atoms with Gasteiger partial charge in [-0.15, -0.1) is 0 Å². The summed E-state index contributed by atoms with van der Waals surface area (Å²) in [6.45, 7) is 8.67. The Bertz CT molecular complexity index is 925. The van der Waals surface area contributed by atoms with E-state index in [1.165, 1.54) is 0 Å². The number of benzene rings is 1. The lowest BCUT2D eigenvalue weighted by molar-refractivity contribution is -0.122. The first-order valence-corrected chi connectivity index (χ1v) is 11.7. The number of amides is 3. The quantitative estimate of drug-likeness (QED) is 0.459. The van der Waals surface area contributed by atoms with Crippen LogP contribution in [0.15, 0.2) is 42.5 Å². The van der Waals surface area contributed by atoms with Gasteiger partial charge in [0.15, 0.2) is 0 Å². The molecule has 2 rings (SSSR count). The topological polar surface area (TPSA) is 100 Å². The Hall–Kier alpha value is -3.22. The van der Waals surface area contributed by atoms with Gasteiger partial charge in [-0.1, -0.05) is 51.0 Å². The van der Waals surface area contributed by atoms with Gasteiger partial charge in [-0.2, -0.15) is 0 Å². The minimum Gasteiger partial charge on any atom is -0.354 e. The lowest BCUT2D eigenvalue weighted by atomic mass is 10.1. The average molecular weight is 453 g/mol. The number of nitrogens with zero attached hydrogens (tertiary/aromatic N) is 1. The van der Waals surface area contributed by atoms with Crippen LogP contribution < -0.4 is 16.0 Å². The van der Waals surface area contributed by atoms with E-state index in [1.54, 1.807) is 24.3 Å². The molecule has 7 nitrogen and oxygen atoms in total. The van der Waals surface area contributed by atoms with Crippen molar-refractivity contribution in [1.29, 1.82) is 0 Å². The zero-order valence-electron chi connectivity index (χ0n) is 20.1. The summed E-state index contributed by atoms with van der Waals surface area (Å²) in [5.74, 6) is -0.643. The van der Waals surface area contributed by atoms with Gasteiger partial charge in [0.1, 0.15) is 11.7 Å². The number of hydrogen-bond donors (Lipinski definition) is 3. The molecule has 3 amide bonds. The molecule has 7 heteroatoms. The molecular formula is C26H36N4O3. The zero-order valence-corrected chi connectivity index (χ0v) is 20.1. The molecule has 3 N–H and O–H groups in total. The van der Waals surface area contributed by atoms with Gasteiger partial charge in [0, 0.05) is 24.3 Å². The van der Waals surface area contributed by atoms with E-state index in [2.05, 4.69) is 41.7 Å². The molecule has 178 valence electrons. The third-order valence-corrected chi connectivity index (χ3v) is 5.25. The zero-order chi connectivity index (χ0) is 24.2. The summed E-state index contributed by atoms with van der Waals surface area (Å²) >= 11 is 0. The van der Waals surface area contributed by atoms with Crippen molar-refractivity contribution in [2.75, 3.05) is 13.1 Å². The minimum absolute atomic E-state index is 0.0263. The first kappa shape index (κ1) is 26.0. The molecule has 1 heterocycles. The third kappa shape index (κ3) is 9.04. The van der Waals surface area contributed by atoms with Gasteiger partial charge in [-0.3, -0.25) is 14.4 Å². The summed E-state index contributed by atoms with van der Waals surface area (Å²) in [7, 11) is 0. The predicted octanol–water partition coefficient (Wildman–Crippen LogP) is 3.42. The predicted molar refractivity (Wildman–Crippen MR) is 130 cm³/mol. The van der Waals surface area contributed by atoms with E-state index in [0.29, 0.717) is 18.0 Å². The number of carbonyl (C=O) groups is 3. The van der Waals surface area contributed by atoms with Crippen molar-refractivity contribution < 1.29 is 14.4 Å². The number of nitrogens with one attached hydrogen (secondary N) is 3. The number of hydrogen-bond acceptors (Lipinski definition) is 4. The van der Waals surface area contributed by atoms with Gasteiger partial charge in [-0.25, -0.2) is 4.98 Å². The largest absolute Gasteiger partial charge is 0.354 e. The Labute approximate surface area is 196 Å². The fourth-order valence-electron chi connectivity index (χ4n) is 3.15. The van der Waals surface area contributed by atoms with Crippen LogP contribution in [0, 0.1) is 12.8 Å². The van der Waals surface area contributed by atoms with Gasteiger partial charge in [0.25, 0.3) is 11.8 Å². The number of unbranched alkanes of at least 4 members (excludes halogenated alkanes) is 1. The molecule has 1 atom stereocenters. The van der Waals surface area contributed by atoms with Crippen LogP contribution in [-0.4, -0.2) is 41.8 Å². The van der Waals surface area contributed by atoms with Crippen molar-refractivity contribution in [3.05, 3.63) is 65.0 Å². The Morgan fingerprint density at radius 3 is 2.36 bits per heavy atom. The van der Waals surface area contributed by atoms with Crippen LogP contribution >= 0.6 is 0 Å². The Morgan fingerprint density at radius 1 is 0.970 bits per heavy atom. The summed E-state index contributed by atoms with van der Waals surface area (Å²) in [6.07, 6.45) is 3.65. The summed E-state index contributed by atoms with van der Waals surface area (Å²) in [6, 6.07) is 11.6. The standard InChI is InChI=1S/C26H36N4O3/c1-5-6-8-21-9-7-10-22(29-21)26(33)30-23(25(32)27-16-15-18(2)3)17-28-24(31)20-13-11-19(4)12-14-20/h7,9-14,18,23H,5-6,8,15-17H2,1-4H3,(H,27,32)(H,28,31)(H,30,33)/t23-/m0/s1. The van der Waals surface area contributed by atoms with E-state index in [0.717, 1.165) is 36.9 Å². The van der Waals surface area contributed by atoms with Gasteiger partial charge in [0.2, 0.25) is 5.91 Å². The molecular weight excluding hydrogens is 416 g/mol. The normalized spacial score (nSPS) is 11.7. The number of pyridine rings is 1. The van der Waals surface area contributed by atoms with E-state index >= 15 is 0 Å². The molecule has 2 aromatic rings. The maximum atomic E-state index is 12.9. The maximum absolute atomic E-state index is 12.9. The van der Waals surface area contributed by atoms with E-state index in [4.69, 9.17) is 0 Å². The average Bonchev–Trinajstić information content (AvgIpc) is 2.80. The molecule has 1 aromatic carbocycles. The van der Waals surface area contributed by atoms with Crippen molar-refractivity contribution in [1.82, 2.24) is 20.9 Å². The van der Waals surface area contributed by atoms with Crippen LogP contribution in [-0.2, 0) is 11.2 Å². The van der Waals surface area contributed by atoms with E-state index < -0.39 is 11.9 Å². The molecule has 0 unspecified atom stereocenters. The van der Waals surface area contributed by atoms with Crippen molar-refractivity contribution >= 4 is 17.7 Å². The second kappa shape index (κ2) is 13.4. The van der Waals surface area contributed by atoms with Crippen LogP contribution in [0.3, 0.4) is 0 Å². The summed E-state index contributed by atoms with van der Waals surface area (Å²) in [5, 5.41) is 8.36. The maximum Gasteiger partial charge on any atom is 0.270 e. The van der Waals surface area contributed by atoms with E-state index in [-0.39, 0.29) is 24.1 Å². The second-order valence-corrected chi connectivity index (χ2v) is 8.69. The number of carbonyl (C=O) groups excluding carboxylic acids is 3. The van der Waals surface area contributed by atoms with Crippen molar-refractivity contribution in [3.8, 4) is 0 Å². The van der Waals surface area contributed by atoms with E-state index in [1.807, 2.05) is 25.1 Å². The molecule has 0 saturated carbocycles. The molecule has 0 radical (unpaired) electrons. The molecule has 0 saturated heterocycles. The monoisotopic (exact) mass is 452 g/mol. The smallest absolute Gasteiger partial charge is 0.270 e. The summed E-state index contributed by atoms with van der Waals surface area (Å²) < 4.78 is 0. The van der Waals surface area contributed by atoms with Crippen LogP contribution in [0.4, 0.5) is 0 Å². The number of aromatic nitrogens is 1. The van der Waals surface area contributed by atoms with Crippen LogP contribution in [0.25, 0.3) is 0 Å². The molecule has 0 fully saturated rings. The highest BCUT2D eigenvalue weighted by Gasteiger charge is 2.23. The van der Waals surface area contributed by atoms with Gasteiger partial charge in [-0.05, 0) is 56.4 Å². The highest BCUT2D eigenvalue weighted by atomic mass is 16.2. The van der Waals surface area contributed by atoms with Crippen molar-refractivity contribution in [2.45, 2.75) is 59.4 Å². The first-order chi connectivity index (χ1) is 15.8. The van der Waals surface area contributed by atoms with Crippen LogP contribution in [0.2, 0.25) is 0 Å². The molecule has 0 aliphatic carbocycles. The summed E-state index contributed by atoms with van der Waals surface area (Å²) in [4.78, 5) is 42.6. The minimum atomic E-state index is -0.917. The number of rotatable bonds is 12. The Kier molecular flexibility index (Phi) is 10.5. The van der Waals surface area contributed by atoms with Gasteiger partial charge >= 0.3 is 0 Å². The molecule has 1 aromatic heterocycles. The highest BCUT2D eigenvalue weighted by molar-refractivity contribution is 5.97. The van der Waals surface area contributed by atoms with Gasteiger partial charge in [0.05, 0.1) is 0 Å². The first-order valence-electron chi connectivity index (χ1n) is 11.7. The molecule has 0 aliphatic rings. The third-order valence-electron chi connectivity index (χ3n) is 5.25. The van der Waals surface area contributed by atoms with Crippen LogP contribution in [0.1, 0.15) is 72.1 Å². The highest BCUT2D eigenvalue weighted by Crippen LogP contribution is 2.06. The Morgan fingerprint density at radius 2 is 1.70 bits per heavy atom. The Balaban J connectivity index is 2.07. The SMILES string of the molecule is CCCCc1cccc(C(=O)N[C@@H](CNC(=O)c2ccc(C)cc2)C(=O)NCCC(C)C)n1. The fourth-order valence-corrected chi connectivity index (χ4v) is 3.15. The summed E-state index contributed by atoms with van der Waals surface area (Å²) in [5.41, 5.74) is 2.65. The van der Waals surface area contributed by atoms with Gasteiger partial charge < -0.3 is 16.0 Å². The molecule has 33 heavy (non-hydrogen) atoms. The lowest BCUT2D eigenvalue weighted by Gasteiger charge is -2.19. The van der Waals surface area contributed by atoms with E-state index in [9.17, 15) is 14.4 Å². The second-order valence-electron chi connectivity index (χ2n) is 8.69. The number of aryl methyl sites for hydroxylation is 2. The van der Waals surface area contributed by atoms with Crippen molar-refractivity contribution in [3.63, 3.8) is 0 Å². The molecule has 0 spiro atoms. The fraction of sp³-hybridized carbons (Fsp3) is 0.462. The van der Waals surface area contributed by atoms with Crippen LogP contribution in [0.5, 0.6) is 0 Å². The molecule has 0 aliphatic heterocycles. The van der Waals surface area contributed by atoms with Crippen molar-refractivity contribution in [2.24, 2.45) is 5.92 Å². The molecule has 0 bridgehead atoms. The lowest BCUT2D eigenvalue weighted by Crippen LogP contribution is -2.53.